The average molecular weight is 273 g/mol. The van der Waals surface area contributed by atoms with Crippen molar-refractivity contribution in [3.05, 3.63) is 35.4 Å². The van der Waals surface area contributed by atoms with Crippen LogP contribution in [0.4, 0.5) is 0 Å². The van der Waals surface area contributed by atoms with Crippen LogP contribution in [0, 0.1) is 0 Å². The first kappa shape index (κ1) is 13.1. The van der Waals surface area contributed by atoms with Gasteiger partial charge in [0.1, 0.15) is 0 Å². The Labute approximate surface area is 118 Å². The lowest BCUT2D eigenvalue weighted by Crippen LogP contribution is -2.54. The molecule has 0 saturated carbocycles. The highest BCUT2D eigenvalue weighted by molar-refractivity contribution is 5.83. The van der Waals surface area contributed by atoms with E-state index in [1.807, 2.05) is 12.1 Å². The highest BCUT2D eigenvalue weighted by atomic mass is 16.2. The van der Waals surface area contributed by atoms with E-state index in [0.717, 1.165) is 19.4 Å². The van der Waals surface area contributed by atoms with Crippen molar-refractivity contribution in [3.8, 4) is 0 Å². The molecular weight excluding hydrogens is 254 g/mol. The Hall–Kier alpha value is -1.88. The SMILES string of the molecule is O=C1CCC(NC(=O)[C@@H]2Cc3ccccc3CN2)CN1. The van der Waals surface area contributed by atoms with Gasteiger partial charge in [0.15, 0.2) is 0 Å². The Morgan fingerprint density at radius 1 is 1.25 bits per heavy atom. The first-order valence-corrected chi connectivity index (χ1v) is 7.09. The predicted molar refractivity (Wildman–Crippen MR) is 74.9 cm³/mol. The molecule has 0 bridgehead atoms. The minimum absolute atomic E-state index is 0.0284. The van der Waals surface area contributed by atoms with Crippen molar-refractivity contribution >= 4 is 11.8 Å². The standard InChI is InChI=1S/C15H19N3O2/c19-14-6-5-12(9-17-14)18-15(20)13-7-10-3-1-2-4-11(10)8-16-13/h1-4,12-13,16H,5-9H2,(H,17,19)(H,18,20)/t12?,13-/m0/s1. The Morgan fingerprint density at radius 2 is 2.05 bits per heavy atom. The van der Waals surface area contributed by atoms with Crippen LogP contribution in [0.15, 0.2) is 24.3 Å². The molecule has 5 nitrogen and oxygen atoms in total. The lowest BCUT2D eigenvalue weighted by molar-refractivity contribution is -0.126. The van der Waals surface area contributed by atoms with Crippen LogP contribution in [-0.2, 0) is 22.6 Å². The number of fused-ring (bicyclic) bond motifs is 1. The molecule has 2 aliphatic rings. The molecule has 106 valence electrons. The van der Waals surface area contributed by atoms with Crippen LogP contribution in [0.25, 0.3) is 0 Å². The molecule has 0 radical (unpaired) electrons. The third-order valence-electron chi connectivity index (χ3n) is 4.01. The van der Waals surface area contributed by atoms with Gasteiger partial charge in [-0.2, -0.15) is 0 Å². The number of hydrogen-bond donors (Lipinski definition) is 3. The number of carbonyl (C=O) groups excluding carboxylic acids is 2. The summed E-state index contributed by atoms with van der Waals surface area (Å²) in [7, 11) is 0. The third kappa shape index (κ3) is 2.82. The first-order chi connectivity index (χ1) is 9.72. The summed E-state index contributed by atoms with van der Waals surface area (Å²) in [4.78, 5) is 23.4. The molecule has 1 aromatic carbocycles. The minimum Gasteiger partial charge on any atom is -0.354 e. The van der Waals surface area contributed by atoms with Gasteiger partial charge in [-0.15, -0.1) is 0 Å². The molecule has 1 fully saturated rings. The van der Waals surface area contributed by atoms with Crippen molar-refractivity contribution in [2.75, 3.05) is 6.54 Å². The molecule has 1 saturated heterocycles. The van der Waals surface area contributed by atoms with Crippen LogP contribution < -0.4 is 16.0 Å². The lowest BCUT2D eigenvalue weighted by Gasteiger charge is -2.29. The molecule has 2 atom stereocenters. The molecule has 0 spiro atoms. The summed E-state index contributed by atoms with van der Waals surface area (Å²) in [6, 6.07) is 8.08. The number of benzene rings is 1. The lowest BCUT2D eigenvalue weighted by atomic mass is 9.95. The summed E-state index contributed by atoms with van der Waals surface area (Å²) in [5, 5.41) is 9.08. The van der Waals surface area contributed by atoms with Gasteiger partial charge in [0, 0.05) is 25.6 Å². The summed E-state index contributed by atoms with van der Waals surface area (Å²) in [6.45, 7) is 1.27. The van der Waals surface area contributed by atoms with Crippen molar-refractivity contribution in [3.63, 3.8) is 0 Å². The smallest absolute Gasteiger partial charge is 0.237 e. The predicted octanol–water partition coefficient (Wildman–Crippen LogP) is 0.0957. The fraction of sp³-hybridized carbons (Fsp3) is 0.467. The summed E-state index contributed by atoms with van der Waals surface area (Å²) >= 11 is 0. The van der Waals surface area contributed by atoms with E-state index in [0.29, 0.717) is 13.0 Å². The average Bonchev–Trinajstić information content (AvgIpc) is 2.49. The van der Waals surface area contributed by atoms with E-state index in [1.165, 1.54) is 11.1 Å². The molecule has 2 amide bonds. The molecule has 20 heavy (non-hydrogen) atoms. The van der Waals surface area contributed by atoms with Crippen molar-refractivity contribution in [2.45, 2.75) is 37.9 Å². The van der Waals surface area contributed by atoms with E-state index in [9.17, 15) is 9.59 Å². The second-order valence-corrected chi connectivity index (χ2v) is 5.45. The monoisotopic (exact) mass is 273 g/mol. The summed E-state index contributed by atoms with van der Waals surface area (Å²) in [5.41, 5.74) is 2.50. The van der Waals surface area contributed by atoms with Crippen molar-refractivity contribution in [1.82, 2.24) is 16.0 Å². The normalized spacial score (nSPS) is 25.5. The fourth-order valence-corrected chi connectivity index (χ4v) is 2.80. The van der Waals surface area contributed by atoms with E-state index >= 15 is 0 Å². The molecular formula is C15H19N3O2. The van der Waals surface area contributed by atoms with Crippen LogP contribution in [0.5, 0.6) is 0 Å². The fourth-order valence-electron chi connectivity index (χ4n) is 2.80. The van der Waals surface area contributed by atoms with E-state index in [4.69, 9.17) is 0 Å². The molecule has 1 aromatic rings. The zero-order valence-electron chi connectivity index (χ0n) is 11.3. The number of rotatable bonds is 2. The van der Waals surface area contributed by atoms with Crippen LogP contribution in [-0.4, -0.2) is 30.4 Å². The Bertz CT molecular complexity index is 520. The van der Waals surface area contributed by atoms with Crippen molar-refractivity contribution in [1.29, 1.82) is 0 Å². The summed E-state index contributed by atoms with van der Waals surface area (Å²) < 4.78 is 0. The largest absolute Gasteiger partial charge is 0.354 e. The van der Waals surface area contributed by atoms with Gasteiger partial charge in [0.05, 0.1) is 6.04 Å². The number of hydrogen-bond acceptors (Lipinski definition) is 3. The summed E-state index contributed by atoms with van der Waals surface area (Å²) in [6.07, 6.45) is 1.94. The van der Waals surface area contributed by atoms with Gasteiger partial charge < -0.3 is 16.0 Å². The van der Waals surface area contributed by atoms with Gasteiger partial charge in [-0.25, -0.2) is 0 Å². The Kier molecular flexibility index (Phi) is 3.69. The topological polar surface area (TPSA) is 70.2 Å². The molecule has 0 aromatic heterocycles. The van der Waals surface area contributed by atoms with Crippen molar-refractivity contribution in [2.24, 2.45) is 0 Å². The number of amides is 2. The highest BCUT2D eigenvalue weighted by Crippen LogP contribution is 2.16. The van der Waals surface area contributed by atoms with E-state index < -0.39 is 0 Å². The van der Waals surface area contributed by atoms with Crippen molar-refractivity contribution < 1.29 is 9.59 Å². The molecule has 1 unspecified atom stereocenters. The number of carbonyl (C=O) groups is 2. The van der Waals surface area contributed by atoms with E-state index in [-0.39, 0.29) is 23.9 Å². The van der Waals surface area contributed by atoms with Crippen LogP contribution in [0.3, 0.4) is 0 Å². The second kappa shape index (κ2) is 5.63. The van der Waals surface area contributed by atoms with Crippen LogP contribution >= 0.6 is 0 Å². The molecule has 0 aliphatic carbocycles. The van der Waals surface area contributed by atoms with Gasteiger partial charge in [-0.3, -0.25) is 9.59 Å². The molecule has 3 N–H and O–H groups in total. The molecule has 2 aliphatic heterocycles. The number of nitrogens with one attached hydrogen (secondary N) is 3. The van der Waals surface area contributed by atoms with Gasteiger partial charge in [-0.1, -0.05) is 24.3 Å². The maximum atomic E-state index is 12.3. The van der Waals surface area contributed by atoms with Gasteiger partial charge in [0.25, 0.3) is 0 Å². The first-order valence-electron chi connectivity index (χ1n) is 7.09. The zero-order chi connectivity index (χ0) is 13.9. The molecule has 2 heterocycles. The quantitative estimate of drug-likeness (QED) is 0.715. The van der Waals surface area contributed by atoms with Gasteiger partial charge >= 0.3 is 0 Å². The van der Waals surface area contributed by atoms with Gasteiger partial charge in [0.2, 0.25) is 11.8 Å². The highest BCUT2D eigenvalue weighted by Gasteiger charge is 2.27. The van der Waals surface area contributed by atoms with Crippen LogP contribution in [0.1, 0.15) is 24.0 Å². The van der Waals surface area contributed by atoms with Gasteiger partial charge in [-0.05, 0) is 24.0 Å². The third-order valence-corrected chi connectivity index (χ3v) is 4.01. The number of piperidine rings is 1. The minimum atomic E-state index is -0.178. The van der Waals surface area contributed by atoms with E-state index in [2.05, 4.69) is 28.1 Å². The molecule has 5 heteroatoms. The Balaban J connectivity index is 1.57. The van der Waals surface area contributed by atoms with Crippen LogP contribution in [0.2, 0.25) is 0 Å². The van der Waals surface area contributed by atoms with E-state index in [1.54, 1.807) is 0 Å². The molecule has 3 rings (SSSR count). The summed E-state index contributed by atoms with van der Waals surface area (Å²) in [5.74, 6) is 0.0980. The maximum absolute atomic E-state index is 12.3. The maximum Gasteiger partial charge on any atom is 0.237 e. The Morgan fingerprint density at radius 3 is 2.80 bits per heavy atom. The second-order valence-electron chi connectivity index (χ2n) is 5.45. The zero-order valence-corrected chi connectivity index (χ0v) is 11.3.